The van der Waals surface area contributed by atoms with Crippen molar-refractivity contribution in [2.75, 3.05) is 6.79 Å². The van der Waals surface area contributed by atoms with E-state index in [-0.39, 0.29) is 24.7 Å². The van der Waals surface area contributed by atoms with Crippen molar-refractivity contribution >= 4 is 17.4 Å². The first-order valence-electron chi connectivity index (χ1n) is 12.0. The number of carbonyl (C=O) groups excluding carboxylic acids is 2. The van der Waals surface area contributed by atoms with Gasteiger partial charge in [-0.2, -0.15) is 0 Å². The predicted molar refractivity (Wildman–Crippen MR) is 138 cm³/mol. The number of likely N-dealkylation sites (tertiary alicyclic amines) is 1. The minimum absolute atomic E-state index is 0.0141. The third kappa shape index (κ3) is 4.32. The molecule has 2 aliphatic rings. The topological polar surface area (TPSA) is 98.2 Å². The van der Waals surface area contributed by atoms with Crippen LogP contribution in [0.5, 0.6) is 23.0 Å². The highest BCUT2D eigenvalue weighted by Crippen LogP contribution is 2.43. The van der Waals surface area contributed by atoms with Gasteiger partial charge in [-0.15, -0.1) is 0 Å². The van der Waals surface area contributed by atoms with Gasteiger partial charge in [0.05, 0.1) is 11.6 Å². The molecule has 3 aromatic carbocycles. The van der Waals surface area contributed by atoms with Crippen LogP contribution in [0.15, 0.2) is 103 Å². The lowest BCUT2D eigenvalue weighted by Gasteiger charge is -2.25. The zero-order valence-corrected chi connectivity index (χ0v) is 20.1. The smallest absolute Gasteiger partial charge is 0.295 e. The summed E-state index contributed by atoms with van der Waals surface area (Å²) in [4.78, 5) is 32.2. The number of amides is 1. The van der Waals surface area contributed by atoms with Crippen LogP contribution in [0, 0.1) is 0 Å². The van der Waals surface area contributed by atoms with Crippen LogP contribution < -0.4 is 14.2 Å². The fourth-order valence-corrected chi connectivity index (χ4v) is 4.65. The Balaban J connectivity index is 1.45. The molecule has 0 saturated carbocycles. The van der Waals surface area contributed by atoms with E-state index in [1.807, 2.05) is 30.3 Å². The number of nitrogens with zero attached hydrogens (tertiary/aromatic N) is 2. The first-order chi connectivity index (χ1) is 18.6. The molecule has 1 unspecified atom stereocenters. The highest BCUT2D eigenvalue weighted by molar-refractivity contribution is 6.46. The molecule has 8 nitrogen and oxygen atoms in total. The summed E-state index contributed by atoms with van der Waals surface area (Å²) < 4.78 is 16.8. The van der Waals surface area contributed by atoms with Crippen LogP contribution in [0.25, 0.3) is 5.76 Å². The number of ketones is 1. The maximum atomic E-state index is 13.4. The number of benzene rings is 3. The van der Waals surface area contributed by atoms with E-state index in [9.17, 15) is 14.7 Å². The molecule has 0 aliphatic carbocycles. The molecule has 4 aromatic rings. The molecule has 1 aromatic heterocycles. The molecule has 2 aliphatic heterocycles. The number of hydrogen-bond acceptors (Lipinski definition) is 7. The fourth-order valence-electron chi connectivity index (χ4n) is 4.65. The Morgan fingerprint density at radius 2 is 1.66 bits per heavy atom. The molecule has 188 valence electrons. The number of Topliss-reactive ketones (excluding diaryl/α,β-unsaturated/α-hetero) is 1. The molecule has 6 rings (SSSR count). The Kier molecular flexibility index (Phi) is 5.97. The maximum absolute atomic E-state index is 13.4. The Bertz CT molecular complexity index is 1550. The second-order valence-corrected chi connectivity index (χ2v) is 8.84. The zero-order chi connectivity index (χ0) is 26.1. The van der Waals surface area contributed by atoms with E-state index < -0.39 is 17.7 Å². The molecule has 1 saturated heterocycles. The minimum atomic E-state index is -0.854. The molecule has 0 radical (unpaired) electrons. The Morgan fingerprint density at radius 1 is 0.895 bits per heavy atom. The first kappa shape index (κ1) is 23.3. The summed E-state index contributed by atoms with van der Waals surface area (Å²) in [5.41, 5.74) is 1.75. The quantitative estimate of drug-likeness (QED) is 0.217. The maximum Gasteiger partial charge on any atom is 0.295 e. The van der Waals surface area contributed by atoms with Crippen molar-refractivity contribution in [1.29, 1.82) is 0 Å². The van der Waals surface area contributed by atoms with Gasteiger partial charge in [0, 0.05) is 24.5 Å². The summed E-state index contributed by atoms with van der Waals surface area (Å²) in [6.07, 6.45) is 3.25. The molecule has 3 heterocycles. The lowest BCUT2D eigenvalue weighted by Crippen LogP contribution is -2.29. The van der Waals surface area contributed by atoms with Gasteiger partial charge in [-0.25, -0.2) is 0 Å². The summed E-state index contributed by atoms with van der Waals surface area (Å²) in [5.74, 6) is 0.411. The molecule has 1 amide bonds. The van der Waals surface area contributed by atoms with Crippen molar-refractivity contribution in [1.82, 2.24) is 9.88 Å². The minimum Gasteiger partial charge on any atom is -0.507 e. The lowest BCUT2D eigenvalue weighted by molar-refractivity contribution is -0.140. The number of ether oxygens (including phenoxy) is 3. The van der Waals surface area contributed by atoms with Crippen LogP contribution in [0.2, 0.25) is 0 Å². The van der Waals surface area contributed by atoms with Gasteiger partial charge in [-0.3, -0.25) is 14.6 Å². The molecule has 0 spiro atoms. The Hall–Kier alpha value is -5.11. The molecule has 1 N–H and O–H groups in total. The third-order valence-electron chi connectivity index (χ3n) is 6.44. The first-order valence-corrected chi connectivity index (χ1v) is 12.0. The summed E-state index contributed by atoms with van der Waals surface area (Å²) in [5, 5.41) is 11.4. The van der Waals surface area contributed by atoms with Gasteiger partial charge in [-0.05, 0) is 65.7 Å². The van der Waals surface area contributed by atoms with E-state index >= 15 is 0 Å². The number of carbonyl (C=O) groups is 2. The van der Waals surface area contributed by atoms with E-state index in [4.69, 9.17) is 14.2 Å². The number of para-hydroxylation sites is 1. The molecule has 1 fully saturated rings. The second kappa shape index (κ2) is 9.74. The average molecular weight is 507 g/mol. The molecule has 1 atom stereocenters. The molecule has 8 heteroatoms. The second-order valence-electron chi connectivity index (χ2n) is 8.84. The monoisotopic (exact) mass is 506 g/mol. The number of rotatable bonds is 6. The number of pyridine rings is 1. The number of fused-ring (bicyclic) bond motifs is 1. The molecular weight excluding hydrogens is 484 g/mol. The van der Waals surface area contributed by atoms with Gasteiger partial charge in [-0.1, -0.05) is 30.3 Å². The van der Waals surface area contributed by atoms with Crippen LogP contribution in [0.4, 0.5) is 0 Å². The van der Waals surface area contributed by atoms with Gasteiger partial charge in [0.25, 0.3) is 11.7 Å². The van der Waals surface area contributed by atoms with Crippen molar-refractivity contribution in [2.45, 2.75) is 12.6 Å². The van der Waals surface area contributed by atoms with E-state index in [0.717, 1.165) is 5.56 Å². The van der Waals surface area contributed by atoms with E-state index in [2.05, 4.69) is 4.98 Å². The standard InChI is InChI=1S/C30H22N2O6/c33-28(21-9-10-24-25(16-21)37-18-36-24)26-27(32(30(35)29(26)34)17-19-11-13-31-14-12-19)20-5-4-8-23(15-20)38-22-6-2-1-3-7-22/h1-16,27,33H,17-18H2/b28-26-. The van der Waals surface area contributed by atoms with Crippen molar-refractivity contribution in [3.8, 4) is 23.0 Å². The Labute approximate surface area is 218 Å². The number of aliphatic hydroxyl groups excluding tert-OH is 1. The lowest BCUT2D eigenvalue weighted by atomic mass is 9.95. The van der Waals surface area contributed by atoms with E-state index in [1.165, 1.54) is 4.90 Å². The molecular formula is C30H22N2O6. The van der Waals surface area contributed by atoms with Crippen molar-refractivity contribution in [3.05, 3.63) is 120 Å². The highest BCUT2D eigenvalue weighted by atomic mass is 16.7. The van der Waals surface area contributed by atoms with E-state index in [0.29, 0.717) is 34.1 Å². The van der Waals surface area contributed by atoms with Gasteiger partial charge in [0.2, 0.25) is 6.79 Å². The zero-order valence-electron chi connectivity index (χ0n) is 20.1. The van der Waals surface area contributed by atoms with E-state index in [1.54, 1.807) is 67.0 Å². The van der Waals surface area contributed by atoms with Crippen molar-refractivity contribution in [2.24, 2.45) is 0 Å². The SMILES string of the molecule is O=C1C(=O)N(Cc2ccncc2)C(c2cccc(Oc3ccccc3)c2)/C1=C(/O)c1ccc2c(c1)OCO2. The summed E-state index contributed by atoms with van der Waals surface area (Å²) in [6.45, 7) is 0.226. The number of aromatic nitrogens is 1. The van der Waals surface area contributed by atoms with Gasteiger partial charge in [0.1, 0.15) is 17.3 Å². The van der Waals surface area contributed by atoms with Crippen molar-refractivity contribution < 1.29 is 28.9 Å². The van der Waals surface area contributed by atoms with Gasteiger partial charge < -0.3 is 24.2 Å². The molecule has 0 bridgehead atoms. The van der Waals surface area contributed by atoms with Crippen LogP contribution in [-0.2, 0) is 16.1 Å². The van der Waals surface area contributed by atoms with Crippen LogP contribution in [-0.4, -0.2) is 33.5 Å². The fraction of sp³-hybridized carbons (Fsp3) is 0.100. The number of aliphatic hydroxyl groups is 1. The summed E-state index contributed by atoms with van der Waals surface area (Å²) >= 11 is 0. The van der Waals surface area contributed by atoms with Crippen molar-refractivity contribution in [3.63, 3.8) is 0 Å². The molecule has 38 heavy (non-hydrogen) atoms. The normalized spacial score (nSPS) is 17.6. The summed E-state index contributed by atoms with van der Waals surface area (Å²) in [6, 6.07) is 24.1. The third-order valence-corrected chi connectivity index (χ3v) is 6.44. The Morgan fingerprint density at radius 3 is 2.47 bits per heavy atom. The largest absolute Gasteiger partial charge is 0.507 e. The van der Waals surface area contributed by atoms with Crippen LogP contribution in [0.3, 0.4) is 0 Å². The average Bonchev–Trinajstić information content (AvgIpc) is 3.52. The van der Waals surface area contributed by atoms with Crippen LogP contribution >= 0.6 is 0 Å². The number of hydrogen-bond donors (Lipinski definition) is 1. The highest BCUT2D eigenvalue weighted by Gasteiger charge is 2.46. The predicted octanol–water partition coefficient (Wildman–Crippen LogP) is 5.22. The summed E-state index contributed by atoms with van der Waals surface area (Å²) in [7, 11) is 0. The van der Waals surface area contributed by atoms with Gasteiger partial charge >= 0.3 is 0 Å². The van der Waals surface area contributed by atoms with Gasteiger partial charge in [0.15, 0.2) is 11.5 Å². The van der Waals surface area contributed by atoms with Crippen LogP contribution in [0.1, 0.15) is 22.7 Å².